The van der Waals surface area contributed by atoms with Gasteiger partial charge in [-0.25, -0.2) is 8.42 Å². The van der Waals surface area contributed by atoms with Crippen LogP contribution in [0.15, 0.2) is 23.1 Å². The van der Waals surface area contributed by atoms with Crippen LogP contribution in [0.3, 0.4) is 0 Å². The van der Waals surface area contributed by atoms with Gasteiger partial charge in [0.1, 0.15) is 0 Å². The van der Waals surface area contributed by atoms with Crippen molar-refractivity contribution in [2.75, 3.05) is 0 Å². The SMILES string of the molecule is O=C(O)C1CCc2c([nH]c3ccc(S(=O)(=O)C(F)F)cc23)C1. The maximum Gasteiger partial charge on any atom is 0.341 e. The number of nitrogens with one attached hydrogen (secondary N) is 1. The van der Waals surface area contributed by atoms with E-state index in [4.69, 9.17) is 5.11 Å². The van der Waals surface area contributed by atoms with Crippen molar-refractivity contribution in [2.24, 2.45) is 5.92 Å². The van der Waals surface area contributed by atoms with Crippen LogP contribution in [0, 0.1) is 5.92 Å². The van der Waals surface area contributed by atoms with Crippen LogP contribution < -0.4 is 0 Å². The largest absolute Gasteiger partial charge is 0.481 e. The fourth-order valence-corrected chi connectivity index (χ4v) is 3.65. The number of benzene rings is 1. The summed E-state index contributed by atoms with van der Waals surface area (Å²) >= 11 is 0. The zero-order valence-electron chi connectivity index (χ0n) is 11.3. The predicted molar refractivity (Wildman–Crippen MR) is 74.6 cm³/mol. The zero-order chi connectivity index (χ0) is 16.1. The highest BCUT2D eigenvalue weighted by molar-refractivity contribution is 7.91. The lowest BCUT2D eigenvalue weighted by Crippen LogP contribution is -2.21. The lowest BCUT2D eigenvalue weighted by Gasteiger charge is -2.18. The van der Waals surface area contributed by atoms with Crippen molar-refractivity contribution < 1.29 is 27.1 Å². The van der Waals surface area contributed by atoms with Gasteiger partial charge in [-0.2, -0.15) is 8.78 Å². The second-order valence-corrected chi connectivity index (χ2v) is 7.29. The van der Waals surface area contributed by atoms with Crippen LogP contribution in [0.25, 0.3) is 10.9 Å². The van der Waals surface area contributed by atoms with Crippen LogP contribution in [0.1, 0.15) is 17.7 Å². The first-order valence-corrected chi connectivity index (χ1v) is 8.23. The monoisotopic (exact) mass is 329 g/mol. The van der Waals surface area contributed by atoms with Gasteiger partial charge in [0, 0.05) is 23.0 Å². The number of rotatable bonds is 3. The number of H-pyrrole nitrogens is 1. The average molecular weight is 329 g/mol. The van der Waals surface area contributed by atoms with Crippen LogP contribution in [0.2, 0.25) is 0 Å². The lowest BCUT2D eigenvalue weighted by atomic mass is 9.87. The number of aryl methyl sites for hydroxylation is 1. The topological polar surface area (TPSA) is 87.2 Å². The van der Waals surface area contributed by atoms with Crippen molar-refractivity contribution >= 4 is 26.7 Å². The summed E-state index contributed by atoms with van der Waals surface area (Å²) < 4.78 is 48.4. The maximum atomic E-state index is 12.6. The van der Waals surface area contributed by atoms with Gasteiger partial charge in [-0.1, -0.05) is 0 Å². The molecule has 0 spiro atoms. The van der Waals surface area contributed by atoms with Crippen molar-refractivity contribution in [3.05, 3.63) is 29.5 Å². The Bertz CT molecular complexity index is 857. The summed E-state index contributed by atoms with van der Waals surface area (Å²) in [4.78, 5) is 13.7. The van der Waals surface area contributed by atoms with Crippen LogP contribution in [-0.4, -0.2) is 30.2 Å². The van der Waals surface area contributed by atoms with E-state index in [1.807, 2.05) is 0 Å². The second kappa shape index (κ2) is 5.05. The van der Waals surface area contributed by atoms with Crippen LogP contribution in [0.4, 0.5) is 8.78 Å². The Morgan fingerprint density at radius 3 is 2.73 bits per heavy atom. The van der Waals surface area contributed by atoms with Crippen LogP contribution >= 0.6 is 0 Å². The molecule has 1 aliphatic rings. The van der Waals surface area contributed by atoms with Gasteiger partial charge in [-0.15, -0.1) is 0 Å². The van der Waals surface area contributed by atoms with Gasteiger partial charge < -0.3 is 10.1 Å². The molecule has 1 aromatic carbocycles. The fraction of sp³-hybridized carbons (Fsp3) is 0.357. The Kier molecular flexibility index (Phi) is 3.43. The van der Waals surface area contributed by atoms with E-state index < -0.39 is 32.4 Å². The third-order valence-corrected chi connectivity index (χ3v) is 5.45. The van der Waals surface area contributed by atoms with Gasteiger partial charge in [0.05, 0.1) is 10.8 Å². The summed E-state index contributed by atoms with van der Waals surface area (Å²) in [6.45, 7) is 0. The van der Waals surface area contributed by atoms with Crippen molar-refractivity contribution in [2.45, 2.75) is 29.9 Å². The Hall–Kier alpha value is -1.96. The van der Waals surface area contributed by atoms with E-state index in [-0.39, 0.29) is 0 Å². The van der Waals surface area contributed by atoms with Gasteiger partial charge in [-0.3, -0.25) is 4.79 Å². The number of aromatic amines is 1. The first-order chi connectivity index (χ1) is 10.3. The van der Waals surface area contributed by atoms with Crippen LogP contribution in [0.5, 0.6) is 0 Å². The van der Waals surface area contributed by atoms with Crippen LogP contribution in [-0.2, 0) is 27.5 Å². The number of carboxylic acids is 1. The minimum atomic E-state index is -4.64. The van der Waals surface area contributed by atoms with Gasteiger partial charge >= 0.3 is 11.7 Å². The number of sulfone groups is 1. The van der Waals surface area contributed by atoms with E-state index in [0.717, 1.165) is 17.3 Å². The van der Waals surface area contributed by atoms with E-state index in [1.165, 1.54) is 12.1 Å². The van der Waals surface area contributed by atoms with E-state index in [0.29, 0.717) is 30.2 Å². The number of carbonyl (C=O) groups is 1. The summed E-state index contributed by atoms with van der Waals surface area (Å²) in [6, 6.07) is 3.83. The normalized spacial score (nSPS) is 18.6. The number of hydrogen-bond donors (Lipinski definition) is 2. The molecule has 22 heavy (non-hydrogen) atoms. The Labute approximate surface area is 124 Å². The summed E-state index contributed by atoms with van der Waals surface area (Å²) in [6.07, 6.45) is 1.25. The fourth-order valence-electron chi connectivity index (χ4n) is 2.90. The third kappa shape index (κ3) is 2.27. The number of alkyl halides is 2. The second-order valence-electron chi connectivity index (χ2n) is 5.37. The smallest absolute Gasteiger partial charge is 0.341 e. The van der Waals surface area contributed by atoms with E-state index in [9.17, 15) is 22.0 Å². The molecule has 0 saturated carbocycles. The molecule has 1 atom stereocenters. The Morgan fingerprint density at radius 2 is 2.09 bits per heavy atom. The summed E-state index contributed by atoms with van der Waals surface area (Å²) in [5, 5.41) is 9.64. The predicted octanol–water partition coefficient (Wildman–Crippen LogP) is 2.35. The minimum Gasteiger partial charge on any atom is -0.481 e. The molecule has 3 rings (SSSR count). The highest BCUT2D eigenvalue weighted by Crippen LogP contribution is 2.33. The average Bonchev–Trinajstić information content (AvgIpc) is 2.83. The molecule has 0 bridgehead atoms. The van der Waals surface area contributed by atoms with Gasteiger partial charge in [0.15, 0.2) is 0 Å². The van der Waals surface area contributed by atoms with Gasteiger partial charge in [0.25, 0.3) is 0 Å². The molecule has 1 heterocycles. The highest BCUT2D eigenvalue weighted by Gasteiger charge is 2.30. The minimum absolute atomic E-state index is 0.330. The standard InChI is InChI=1S/C14H13F2NO4S/c15-14(16)22(20,21)8-2-4-11-10(6-8)9-3-1-7(13(18)19)5-12(9)17-11/h2,4,6-7,14,17H,1,3,5H2,(H,18,19). The van der Waals surface area contributed by atoms with E-state index in [2.05, 4.69) is 4.98 Å². The molecule has 5 nitrogen and oxygen atoms in total. The zero-order valence-corrected chi connectivity index (χ0v) is 12.2. The molecule has 8 heteroatoms. The molecule has 2 N–H and O–H groups in total. The molecule has 0 saturated heterocycles. The van der Waals surface area contributed by atoms with Crippen molar-refractivity contribution in [3.8, 4) is 0 Å². The van der Waals surface area contributed by atoms with Gasteiger partial charge in [-0.05, 0) is 36.6 Å². The lowest BCUT2D eigenvalue weighted by molar-refractivity contribution is -0.142. The number of hydrogen-bond acceptors (Lipinski definition) is 3. The molecular formula is C14H13F2NO4S. The summed E-state index contributed by atoms with van der Waals surface area (Å²) in [5.74, 6) is -4.81. The van der Waals surface area contributed by atoms with Gasteiger partial charge in [0.2, 0.25) is 9.84 Å². The first kappa shape index (κ1) is 15.0. The third-order valence-electron chi connectivity index (χ3n) is 4.07. The molecule has 0 aliphatic heterocycles. The molecule has 0 radical (unpaired) electrons. The highest BCUT2D eigenvalue weighted by atomic mass is 32.2. The summed E-state index contributed by atoms with van der Waals surface area (Å²) in [7, 11) is -4.64. The first-order valence-electron chi connectivity index (χ1n) is 6.69. The molecule has 0 fully saturated rings. The van der Waals surface area contributed by atoms with E-state index in [1.54, 1.807) is 0 Å². The summed E-state index contributed by atoms with van der Waals surface area (Å²) in [5.41, 5.74) is 2.18. The molecule has 1 aliphatic carbocycles. The molecule has 2 aromatic rings. The maximum absolute atomic E-state index is 12.6. The number of fused-ring (bicyclic) bond motifs is 3. The molecule has 1 unspecified atom stereocenters. The number of aliphatic carboxylic acids is 1. The van der Waals surface area contributed by atoms with Crippen molar-refractivity contribution in [3.63, 3.8) is 0 Å². The quantitative estimate of drug-likeness (QED) is 0.905. The number of carboxylic acid groups (broad SMARTS) is 1. The molecule has 0 amide bonds. The number of aromatic nitrogens is 1. The Morgan fingerprint density at radius 1 is 1.36 bits per heavy atom. The van der Waals surface area contributed by atoms with Crippen molar-refractivity contribution in [1.82, 2.24) is 4.98 Å². The number of halogens is 2. The molecule has 118 valence electrons. The molecular weight excluding hydrogens is 316 g/mol. The molecule has 1 aromatic heterocycles. The Balaban J connectivity index is 2.10. The van der Waals surface area contributed by atoms with Crippen molar-refractivity contribution in [1.29, 1.82) is 0 Å². The van der Waals surface area contributed by atoms with E-state index >= 15 is 0 Å².